The van der Waals surface area contributed by atoms with Crippen LogP contribution in [-0.4, -0.2) is 25.2 Å². The molecule has 20 heavy (non-hydrogen) atoms. The number of ether oxygens (including phenoxy) is 2. The zero-order valence-electron chi connectivity index (χ0n) is 12.5. The molecule has 1 unspecified atom stereocenters. The van der Waals surface area contributed by atoms with E-state index in [2.05, 4.69) is 54.0 Å². The van der Waals surface area contributed by atoms with Crippen molar-refractivity contribution in [1.29, 1.82) is 0 Å². The van der Waals surface area contributed by atoms with Crippen molar-refractivity contribution < 1.29 is 9.47 Å². The molecule has 1 heterocycles. The minimum absolute atomic E-state index is 0.230. The Bertz CT molecular complexity index is 396. The number of benzene rings is 1. The third-order valence-electron chi connectivity index (χ3n) is 4.44. The number of halogens is 1. The molecule has 1 aromatic rings. The van der Waals surface area contributed by atoms with Gasteiger partial charge >= 0.3 is 0 Å². The number of hydrogen-bond donors (Lipinski definition) is 0. The van der Waals surface area contributed by atoms with E-state index in [0.29, 0.717) is 5.92 Å². The van der Waals surface area contributed by atoms with Crippen LogP contribution in [0.1, 0.15) is 44.6 Å². The molecule has 0 radical (unpaired) electrons. The van der Waals surface area contributed by atoms with Crippen molar-refractivity contribution in [3.63, 3.8) is 0 Å². The summed E-state index contributed by atoms with van der Waals surface area (Å²) in [6, 6.07) is 8.58. The van der Waals surface area contributed by atoms with Crippen LogP contribution in [-0.2, 0) is 4.74 Å². The van der Waals surface area contributed by atoms with Gasteiger partial charge in [0.15, 0.2) is 0 Å². The Morgan fingerprint density at radius 1 is 1.25 bits per heavy atom. The van der Waals surface area contributed by atoms with Crippen LogP contribution in [0.4, 0.5) is 0 Å². The second kappa shape index (κ2) is 7.46. The van der Waals surface area contributed by atoms with Crippen LogP contribution in [0.15, 0.2) is 24.3 Å². The van der Waals surface area contributed by atoms with Crippen molar-refractivity contribution in [2.45, 2.75) is 39.0 Å². The van der Waals surface area contributed by atoms with Crippen LogP contribution in [0.5, 0.6) is 5.75 Å². The van der Waals surface area contributed by atoms with Gasteiger partial charge in [-0.3, -0.25) is 0 Å². The standard InChI is InChI=1S/C17H25BrO2/c1-3-14(2)15-4-6-16(7-5-15)20-13-17(12-18)8-10-19-11-9-17/h4-7,14H,3,8-13H2,1-2H3. The molecule has 1 atom stereocenters. The van der Waals surface area contributed by atoms with E-state index in [-0.39, 0.29) is 5.41 Å². The van der Waals surface area contributed by atoms with E-state index in [1.807, 2.05) is 0 Å². The molecule has 0 N–H and O–H groups in total. The Kier molecular flexibility index (Phi) is 5.91. The molecule has 112 valence electrons. The molecule has 3 heteroatoms. The van der Waals surface area contributed by atoms with Gasteiger partial charge in [0.2, 0.25) is 0 Å². The minimum Gasteiger partial charge on any atom is -0.493 e. The van der Waals surface area contributed by atoms with E-state index in [1.165, 1.54) is 12.0 Å². The molecule has 0 saturated carbocycles. The molecule has 0 bridgehead atoms. The average Bonchev–Trinajstić information content (AvgIpc) is 2.53. The van der Waals surface area contributed by atoms with E-state index in [0.717, 1.165) is 43.7 Å². The van der Waals surface area contributed by atoms with E-state index in [9.17, 15) is 0 Å². The zero-order chi connectivity index (χ0) is 14.4. The highest BCUT2D eigenvalue weighted by Gasteiger charge is 2.32. The quantitative estimate of drug-likeness (QED) is 0.694. The monoisotopic (exact) mass is 340 g/mol. The zero-order valence-corrected chi connectivity index (χ0v) is 14.1. The van der Waals surface area contributed by atoms with Crippen LogP contribution in [0.25, 0.3) is 0 Å². The lowest BCUT2D eigenvalue weighted by molar-refractivity contribution is 0.00354. The Labute approximate surface area is 131 Å². The summed E-state index contributed by atoms with van der Waals surface area (Å²) >= 11 is 3.65. The molecular formula is C17H25BrO2. The Balaban J connectivity index is 1.92. The lowest BCUT2D eigenvalue weighted by Crippen LogP contribution is -2.36. The highest BCUT2D eigenvalue weighted by atomic mass is 79.9. The molecule has 1 aromatic carbocycles. The molecule has 0 aromatic heterocycles. The lowest BCUT2D eigenvalue weighted by Gasteiger charge is -2.35. The molecule has 1 saturated heterocycles. The second-order valence-corrected chi connectivity index (χ2v) is 6.47. The maximum Gasteiger partial charge on any atom is 0.119 e. The van der Waals surface area contributed by atoms with Gasteiger partial charge in [-0.2, -0.15) is 0 Å². The highest BCUT2D eigenvalue weighted by Crippen LogP contribution is 2.33. The summed E-state index contributed by atoms with van der Waals surface area (Å²) in [6.45, 7) is 6.95. The highest BCUT2D eigenvalue weighted by molar-refractivity contribution is 9.09. The van der Waals surface area contributed by atoms with Crippen LogP contribution in [0.3, 0.4) is 0 Å². The Morgan fingerprint density at radius 2 is 1.90 bits per heavy atom. The van der Waals surface area contributed by atoms with Crippen molar-refractivity contribution >= 4 is 15.9 Å². The normalized spacial score (nSPS) is 19.6. The van der Waals surface area contributed by atoms with Crippen molar-refractivity contribution in [3.05, 3.63) is 29.8 Å². The fraction of sp³-hybridized carbons (Fsp3) is 0.647. The number of rotatable bonds is 6. The van der Waals surface area contributed by atoms with Crippen LogP contribution in [0, 0.1) is 5.41 Å². The summed E-state index contributed by atoms with van der Waals surface area (Å²) in [7, 11) is 0. The van der Waals surface area contributed by atoms with Crippen LogP contribution < -0.4 is 4.74 Å². The van der Waals surface area contributed by atoms with E-state index >= 15 is 0 Å². The third-order valence-corrected chi connectivity index (χ3v) is 5.63. The molecule has 1 aliphatic rings. The second-order valence-electron chi connectivity index (χ2n) is 5.91. The summed E-state index contributed by atoms with van der Waals surface area (Å²) in [5, 5.41) is 0.980. The van der Waals surface area contributed by atoms with Gasteiger partial charge in [0.25, 0.3) is 0 Å². The van der Waals surface area contributed by atoms with Crippen LogP contribution >= 0.6 is 15.9 Å². The van der Waals surface area contributed by atoms with Gasteiger partial charge in [0.05, 0.1) is 6.61 Å². The maximum atomic E-state index is 6.02. The lowest BCUT2D eigenvalue weighted by atomic mass is 9.83. The molecule has 1 fully saturated rings. The van der Waals surface area contributed by atoms with Crippen molar-refractivity contribution in [2.24, 2.45) is 5.41 Å². The van der Waals surface area contributed by atoms with E-state index in [4.69, 9.17) is 9.47 Å². The first-order valence-electron chi connectivity index (χ1n) is 7.55. The average molecular weight is 341 g/mol. The molecule has 0 amide bonds. The van der Waals surface area contributed by atoms with E-state index in [1.54, 1.807) is 0 Å². The predicted octanol–water partition coefficient (Wildman–Crippen LogP) is 4.77. The van der Waals surface area contributed by atoms with Gasteiger partial charge in [-0.1, -0.05) is 41.9 Å². The van der Waals surface area contributed by atoms with Crippen LogP contribution in [0.2, 0.25) is 0 Å². The SMILES string of the molecule is CCC(C)c1ccc(OCC2(CBr)CCOCC2)cc1. The minimum atomic E-state index is 0.230. The topological polar surface area (TPSA) is 18.5 Å². The van der Waals surface area contributed by atoms with Crippen molar-refractivity contribution in [1.82, 2.24) is 0 Å². The summed E-state index contributed by atoms with van der Waals surface area (Å²) in [5.74, 6) is 1.59. The van der Waals surface area contributed by atoms with Crippen molar-refractivity contribution in [2.75, 3.05) is 25.2 Å². The fourth-order valence-electron chi connectivity index (χ4n) is 2.49. The molecule has 0 aliphatic carbocycles. The first-order chi connectivity index (χ1) is 9.69. The molecule has 2 rings (SSSR count). The first-order valence-corrected chi connectivity index (χ1v) is 8.68. The van der Waals surface area contributed by atoms with Crippen molar-refractivity contribution in [3.8, 4) is 5.75 Å². The summed E-state index contributed by atoms with van der Waals surface area (Å²) < 4.78 is 11.5. The smallest absolute Gasteiger partial charge is 0.119 e. The van der Waals surface area contributed by atoms with Gasteiger partial charge in [-0.05, 0) is 42.9 Å². The largest absolute Gasteiger partial charge is 0.493 e. The van der Waals surface area contributed by atoms with Gasteiger partial charge in [0.1, 0.15) is 5.75 Å². The third kappa shape index (κ3) is 3.98. The number of hydrogen-bond acceptors (Lipinski definition) is 2. The fourth-order valence-corrected chi connectivity index (χ4v) is 3.21. The summed E-state index contributed by atoms with van der Waals surface area (Å²) in [5.41, 5.74) is 1.62. The van der Waals surface area contributed by atoms with E-state index < -0.39 is 0 Å². The molecule has 1 aliphatic heterocycles. The summed E-state index contributed by atoms with van der Waals surface area (Å²) in [4.78, 5) is 0. The maximum absolute atomic E-state index is 6.02. The molecular weight excluding hydrogens is 316 g/mol. The Morgan fingerprint density at radius 3 is 2.45 bits per heavy atom. The molecule has 0 spiro atoms. The van der Waals surface area contributed by atoms with Gasteiger partial charge in [-0.25, -0.2) is 0 Å². The molecule has 2 nitrogen and oxygen atoms in total. The Hall–Kier alpha value is -0.540. The number of alkyl halides is 1. The van der Waals surface area contributed by atoms with Gasteiger partial charge in [-0.15, -0.1) is 0 Å². The predicted molar refractivity (Wildman–Crippen MR) is 86.9 cm³/mol. The first kappa shape index (κ1) is 15.8. The summed E-state index contributed by atoms with van der Waals surface area (Å²) in [6.07, 6.45) is 3.32. The van der Waals surface area contributed by atoms with Gasteiger partial charge in [0, 0.05) is 24.0 Å². The van der Waals surface area contributed by atoms with Gasteiger partial charge < -0.3 is 9.47 Å².